The zero-order valence-corrected chi connectivity index (χ0v) is 18.3. The number of ketones is 1. The van der Waals surface area contributed by atoms with Crippen LogP contribution in [-0.4, -0.2) is 17.9 Å². The Morgan fingerprint density at radius 3 is 2.64 bits per heavy atom. The SMILES string of the molecule is CC(C)CCC(=O)O[C@@H]1CC[C@@H]2[C@@H]3CCC4=CC(=O)CC[C@]4(C)[C@H]3CC[C@@]21C. The highest BCUT2D eigenvalue weighted by Gasteiger charge is 2.59. The minimum absolute atomic E-state index is 0.00863. The van der Waals surface area contributed by atoms with Crippen molar-refractivity contribution in [1.29, 1.82) is 0 Å². The molecule has 0 aliphatic heterocycles. The van der Waals surface area contributed by atoms with Crippen molar-refractivity contribution in [1.82, 2.24) is 0 Å². The zero-order chi connectivity index (χ0) is 20.1. The maximum absolute atomic E-state index is 12.4. The van der Waals surface area contributed by atoms with Crippen molar-refractivity contribution < 1.29 is 14.3 Å². The van der Waals surface area contributed by atoms with Gasteiger partial charge in [0.05, 0.1) is 0 Å². The van der Waals surface area contributed by atoms with Crippen molar-refractivity contribution >= 4 is 11.8 Å². The lowest BCUT2D eigenvalue weighted by Crippen LogP contribution is -2.51. The van der Waals surface area contributed by atoms with E-state index in [-0.39, 0.29) is 22.9 Å². The molecule has 0 N–H and O–H groups in total. The first kappa shape index (κ1) is 20.2. The third kappa shape index (κ3) is 3.27. The second-order valence-corrected chi connectivity index (χ2v) is 11.0. The third-order valence-electron chi connectivity index (χ3n) is 9.07. The van der Waals surface area contributed by atoms with E-state index in [0.717, 1.165) is 44.4 Å². The molecule has 4 aliphatic carbocycles. The summed E-state index contributed by atoms with van der Waals surface area (Å²) in [6.07, 6.45) is 12.3. The maximum atomic E-state index is 12.4. The molecule has 3 saturated carbocycles. The number of ether oxygens (including phenoxy) is 1. The van der Waals surface area contributed by atoms with Crippen molar-refractivity contribution in [3.63, 3.8) is 0 Å². The number of esters is 1. The van der Waals surface area contributed by atoms with Crippen LogP contribution < -0.4 is 0 Å². The summed E-state index contributed by atoms with van der Waals surface area (Å²) in [6, 6.07) is 0. The number of fused-ring (bicyclic) bond motifs is 5. The molecule has 0 aromatic heterocycles. The van der Waals surface area contributed by atoms with Crippen molar-refractivity contribution in [3.8, 4) is 0 Å². The van der Waals surface area contributed by atoms with Gasteiger partial charge < -0.3 is 4.74 Å². The van der Waals surface area contributed by atoms with Gasteiger partial charge in [0.1, 0.15) is 6.10 Å². The number of carbonyl (C=O) groups is 2. The van der Waals surface area contributed by atoms with E-state index in [1.165, 1.54) is 24.8 Å². The topological polar surface area (TPSA) is 43.4 Å². The summed E-state index contributed by atoms with van der Waals surface area (Å²) in [5.74, 6) is 2.99. The quantitative estimate of drug-likeness (QED) is 0.568. The zero-order valence-electron chi connectivity index (χ0n) is 18.3. The molecular formula is C25H38O3. The number of hydrogen-bond donors (Lipinski definition) is 0. The van der Waals surface area contributed by atoms with Crippen LogP contribution in [0.2, 0.25) is 0 Å². The first-order valence-corrected chi connectivity index (χ1v) is 11.7. The summed E-state index contributed by atoms with van der Waals surface area (Å²) in [5.41, 5.74) is 1.81. The van der Waals surface area contributed by atoms with Gasteiger partial charge in [-0.3, -0.25) is 9.59 Å². The number of rotatable bonds is 4. The Labute approximate surface area is 170 Å². The minimum Gasteiger partial charge on any atom is -0.462 e. The van der Waals surface area contributed by atoms with Crippen LogP contribution in [0.25, 0.3) is 0 Å². The van der Waals surface area contributed by atoms with Crippen LogP contribution in [0.1, 0.15) is 91.9 Å². The van der Waals surface area contributed by atoms with Gasteiger partial charge in [0.2, 0.25) is 0 Å². The lowest BCUT2D eigenvalue weighted by atomic mass is 9.47. The van der Waals surface area contributed by atoms with E-state index in [0.29, 0.717) is 30.0 Å². The van der Waals surface area contributed by atoms with Crippen molar-refractivity contribution in [2.24, 2.45) is 34.5 Å². The molecule has 0 heterocycles. The van der Waals surface area contributed by atoms with Gasteiger partial charge in [-0.2, -0.15) is 0 Å². The van der Waals surface area contributed by atoms with Gasteiger partial charge in [-0.1, -0.05) is 33.3 Å². The van der Waals surface area contributed by atoms with E-state index < -0.39 is 0 Å². The fraction of sp³-hybridized carbons (Fsp3) is 0.840. The molecule has 28 heavy (non-hydrogen) atoms. The number of allylic oxidation sites excluding steroid dienone is 1. The Bertz CT molecular complexity index is 677. The summed E-state index contributed by atoms with van der Waals surface area (Å²) in [4.78, 5) is 24.4. The molecule has 0 amide bonds. The second-order valence-electron chi connectivity index (χ2n) is 11.0. The molecule has 0 saturated heterocycles. The van der Waals surface area contributed by atoms with Crippen LogP contribution in [0.5, 0.6) is 0 Å². The van der Waals surface area contributed by atoms with E-state index in [1.54, 1.807) is 0 Å². The summed E-state index contributed by atoms with van der Waals surface area (Å²) in [5, 5.41) is 0. The molecular weight excluding hydrogens is 348 g/mol. The first-order valence-electron chi connectivity index (χ1n) is 11.7. The lowest BCUT2D eigenvalue weighted by Gasteiger charge is -2.57. The monoisotopic (exact) mass is 386 g/mol. The standard InChI is InChI=1S/C25H38O3/c1-16(2)5-10-23(27)28-22-9-8-20-19-7-6-17-15-18(26)11-13-24(17,3)21(19)12-14-25(20,22)4/h15-16,19-22H,5-14H2,1-4H3/t19-,20+,21-,22+,24-,25-/m0/s1. The van der Waals surface area contributed by atoms with Gasteiger partial charge in [-0.25, -0.2) is 0 Å². The largest absolute Gasteiger partial charge is 0.462 e. The average molecular weight is 387 g/mol. The molecule has 3 fully saturated rings. The van der Waals surface area contributed by atoms with E-state index in [1.807, 2.05) is 6.08 Å². The first-order chi connectivity index (χ1) is 13.2. The maximum Gasteiger partial charge on any atom is 0.306 e. The Hall–Kier alpha value is -1.12. The molecule has 3 nitrogen and oxygen atoms in total. The lowest BCUT2D eigenvalue weighted by molar-refractivity contribution is -0.160. The molecule has 0 aromatic rings. The fourth-order valence-corrected chi connectivity index (χ4v) is 7.33. The summed E-state index contributed by atoms with van der Waals surface area (Å²) >= 11 is 0. The van der Waals surface area contributed by atoms with Crippen molar-refractivity contribution in [3.05, 3.63) is 11.6 Å². The van der Waals surface area contributed by atoms with Gasteiger partial charge in [-0.15, -0.1) is 0 Å². The third-order valence-corrected chi connectivity index (χ3v) is 9.07. The molecule has 0 spiro atoms. The smallest absolute Gasteiger partial charge is 0.306 e. The fourth-order valence-electron chi connectivity index (χ4n) is 7.33. The Kier molecular flexibility index (Phi) is 5.25. The summed E-state index contributed by atoms with van der Waals surface area (Å²) in [7, 11) is 0. The second kappa shape index (κ2) is 7.29. The normalized spacial score (nSPS) is 42.5. The predicted molar refractivity (Wildman–Crippen MR) is 111 cm³/mol. The van der Waals surface area contributed by atoms with Gasteiger partial charge in [0.25, 0.3) is 0 Å². The van der Waals surface area contributed by atoms with Crippen LogP contribution in [-0.2, 0) is 14.3 Å². The van der Waals surface area contributed by atoms with Crippen LogP contribution in [0.4, 0.5) is 0 Å². The van der Waals surface area contributed by atoms with Crippen LogP contribution >= 0.6 is 0 Å². The molecule has 4 rings (SSSR count). The predicted octanol–water partition coefficient (Wildman–Crippen LogP) is 5.87. The molecule has 0 aromatic carbocycles. The number of hydrogen-bond acceptors (Lipinski definition) is 3. The van der Waals surface area contributed by atoms with Crippen LogP contribution in [0.3, 0.4) is 0 Å². The van der Waals surface area contributed by atoms with E-state index >= 15 is 0 Å². The Morgan fingerprint density at radius 2 is 1.89 bits per heavy atom. The van der Waals surface area contributed by atoms with E-state index in [4.69, 9.17) is 4.74 Å². The highest BCUT2D eigenvalue weighted by molar-refractivity contribution is 5.91. The van der Waals surface area contributed by atoms with Crippen LogP contribution in [0, 0.1) is 34.5 Å². The van der Waals surface area contributed by atoms with Gasteiger partial charge in [0.15, 0.2) is 5.78 Å². The molecule has 4 aliphatic rings. The number of carbonyl (C=O) groups excluding carboxylic acids is 2. The van der Waals surface area contributed by atoms with Gasteiger partial charge in [0, 0.05) is 18.3 Å². The highest BCUT2D eigenvalue weighted by atomic mass is 16.5. The van der Waals surface area contributed by atoms with Crippen molar-refractivity contribution in [2.75, 3.05) is 0 Å². The van der Waals surface area contributed by atoms with Gasteiger partial charge >= 0.3 is 5.97 Å². The summed E-state index contributed by atoms with van der Waals surface area (Å²) < 4.78 is 6.06. The van der Waals surface area contributed by atoms with E-state index in [2.05, 4.69) is 27.7 Å². The van der Waals surface area contributed by atoms with Crippen LogP contribution in [0.15, 0.2) is 11.6 Å². The van der Waals surface area contributed by atoms with Crippen molar-refractivity contribution in [2.45, 2.75) is 98.0 Å². The Balaban J connectivity index is 1.49. The molecule has 156 valence electrons. The molecule has 3 heteroatoms. The summed E-state index contributed by atoms with van der Waals surface area (Å²) in [6.45, 7) is 9.15. The average Bonchev–Trinajstić information content (AvgIpc) is 2.97. The van der Waals surface area contributed by atoms with Gasteiger partial charge in [-0.05, 0) is 86.5 Å². The molecule has 0 bridgehead atoms. The minimum atomic E-state index is 0.00863. The highest BCUT2D eigenvalue weighted by Crippen LogP contribution is 2.65. The molecule has 0 radical (unpaired) electrons. The molecule has 0 unspecified atom stereocenters. The Morgan fingerprint density at radius 1 is 1.11 bits per heavy atom. The van der Waals surface area contributed by atoms with E-state index in [9.17, 15) is 9.59 Å². The molecule has 6 atom stereocenters.